The number of nitrogens with one attached hydrogen (secondary N) is 2. The largest absolute Gasteiger partial charge is 0.384 e. The van der Waals surface area contributed by atoms with Crippen LogP contribution in [0.3, 0.4) is 0 Å². The summed E-state index contributed by atoms with van der Waals surface area (Å²) >= 11 is 0. The Morgan fingerprint density at radius 1 is 1.16 bits per heavy atom. The van der Waals surface area contributed by atoms with Crippen LogP contribution in [0.15, 0.2) is 18.3 Å². The molecule has 1 aromatic heterocycles. The molecule has 0 bridgehead atoms. The highest BCUT2D eigenvalue weighted by atomic mass is 16.2. The Morgan fingerprint density at radius 3 is 2.68 bits per heavy atom. The fraction of sp³-hybridized carbons (Fsp3) is 0.720. The van der Waals surface area contributed by atoms with Crippen molar-refractivity contribution in [3.63, 3.8) is 0 Å². The number of nitrogen functional groups attached to an aromatic ring is 1. The van der Waals surface area contributed by atoms with Gasteiger partial charge in [-0.05, 0) is 48.1 Å². The van der Waals surface area contributed by atoms with Crippen LogP contribution in [0.25, 0.3) is 0 Å². The van der Waals surface area contributed by atoms with E-state index >= 15 is 0 Å². The molecule has 31 heavy (non-hydrogen) atoms. The standard InChI is InChI=1S/C25H40N4O2/c1-3-17(2)13-24(30)29-22(25(31)28-16-18-11-12-23(26)27-15-18)14-20-9-6-8-19-7-4-5-10-21(19)20/h11-12,15,17,19-22H,3-10,13-14,16H2,1-2H3,(H2,26,27)(H,28,31)(H,29,30)/t17?,19?,20?,21?,22-/m0/s1. The minimum Gasteiger partial charge on any atom is -0.384 e. The number of amides is 2. The van der Waals surface area contributed by atoms with Gasteiger partial charge in [-0.1, -0.05) is 64.9 Å². The van der Waals surface area contributed by atoms with E-state index in [1.807, 2.05) is 6.07 Å². The van der Waals surface area contributed by atoms with Gasteiger partial charge in [0.25, 0.3) is 0 Å². The summed E-state index contributed by atoms with van der Waals surface area (Å²) in [5.41, 5.74) is 6.55. The SMILES string of the molecule is CCC(C)CC(=O)N[C@@H](CC1CCCC2CCCCC21)C(=O)NCc1ccc(N)nc1. The number of pyridine rings is 1. The third-order valence-corrected chi connectivity index (χ3v) is 7.46. The number of nitrogens with zero attached hydrogens (tertiary/aromatic N) is 1. The summed E-state index contributed by atoms with van der Waals surface area (Å²) in [6.45, 7) is 4.56. The summed E-state index contributed by atoms with van der Waals surface area (Å²) in [7, 11) is 0. The Kier molecular flexibility index (Phi) is 8.73. The third-order valence-electron chi connectivity index (χ3n) is 7.46. The summed E-state index contributed by atoms with van der Waals surface area (Å²) in [5.74, 6) is 2.73. The van der Waals surface area contributed by atoms with Crippen LogP contribution in [-0.2, 0) is 16.1 Å². The molecule has 2 aliphatic rings. The average Bonchev–Trinajstić information content (AvgIpc) is 2.78. The van der Waals surface area contributed by atoms with Crippen molar-refractivity contribution in [2.24, 2.45) is 23.7 Å². The first-order chi connectivity index (χ1) is 15.0. The molecule has 0 radical (unpaired) electrons. The molecule has 1 heterocycles. The number of carbonyl (C=O) groups excluding carboxylic acids is 2. The van der Waals surface area contributed by atoms with Crippen LogP contribution in [0.1, 0.15) is 83.6 Å². The highest BCUT2D eigenvalue weighted by Crippen LogP contribution is 2.45. The topological polar surface area (TPSA) is 97.1 Å². The molecule has 6 nitrogen and oxygen atoms in total. The Morgan fingerprint density at radius 2 is 1.94 bits per heavy atom. The van der Waals surface area contributed by atoms with E-state index in [1.165, 1.54) is 44.9 Å². The molecule has 2 aliphatic carbocycles. The van der Waals surface area contributed by atoms with E-state index in [0.717, 1.165) is 24.3 Å². The van der Waals surface area contributed by atoms with E-state index in [1.54, 1.807) is 12.3 Å². The Balaban J connectivity index is 1.65. The van der Waals surface area contributed by atoms with Gasteiger partial charge in [-0.15, -0.1) is 0 Å². The molecule has 4 unspecified atom stereocenters. The van der Waals surface area contributed by atoms with E-state index in [9.17, 15) is 9.59 Å². The van der Waals surface area contributed by atoms with E-state index in [0.29, 0.717) is 36.5 Å². The fourth-order valence-electron chi connectivity index (χ4n) is 5.47. The van der Waals surface area contributed by atoms with Gasteiger partial charge in [0.15, 0.2) is 0 Å². The zero-order valence-corrected chi connectivity index (χ0v) is 19.2. The lowest BCUT2D eigenvalue weighted by molar-refractivity contribution is -0.130. The highest BCUT2D eigenvalue weighted by molar-refractivity contribution is 5.87. The molecule has 2 amide bonds. The van der Waals surface area contributed by atoms with Crippen LogP contribution in [0.2, 0.25) is 0 Å². The smallest absolute Gasteiger partial charge is 0.242 e. The van der Waals surface area contributed by atoms with Crippen molar-refractivity contribution in [3.05, 3.63) is 23.9 Å². The van der Waals surface area contributed by atoms with Crippen molar-refractivity contribution in [2.75, 3.05) is 5.73 Å². The van der Waals surface area contributed by atoms with Crippen molar-refractivity contribution in [1.29, 1.82) is 0 Å². The highest BCUT2D eigenvalue weighted by Gasteiger charge is 2.37. The van der Waals surface area contributed by atoms with Crippen LogP contribution in [0.4, 0.5) is 5.82 Å². The van der Waals surface area contributed by atoms with Gasteiger partial charge in [0.2, 0.25) is 11.8 Å². The minimum atomic E-state index is -0.469. The van der Waals surface area contributed by atoms with Gasteiger partial charge >= 0.3 is 0 Å². The molecule has 0 saturated heterocycles. The maximum Gasteiger partial charge on any atom is 0.242 e. The predicted molar refractivity (Wildman–Crippen MR) is 124 cm³/mol. The molecule has 0 spiro atoms. The van der Waals surface area contributed by atoms with Gasteiger partial charge < -0.3 is 16.4 Å². The number of nitrogens with two attached hydrogens (primary N) is 1. The Bertz CT molecular complexity index is 719. The Labute approximate surface area is 187 Å². The van der Waals surface area contributed by atoms with Crippen molar-refractivity contribution in [1.82, 2.24) is 15.6 Å². The van der Waals surface area contributed by atoms with Crippen LogP contribution in [-0.4, -0.2) is 22.8 Å². The molecular weight excluding hydrogens is 388 g/mol. The van der Waals surface area contributed by atoms with Gasteiger partial charge in [0.05, 0.1) is 0 Å². The van der Waals surface area contributed by atoms with E-state index in [-0.39, 0.29) is 11.8 Å². The average molecular weight is 429 g/mol. The first-order valence-electron chi connectivity index (χ1n) is 12.2. The lowest BCUT2D eigenvalue weighted by atomic mass is 9.64. The molecular formula is C25H40N4O2. The maximum absolute atomic E-state index is 13.1. The Hall–Kier alpha value is -2.11. The first-order valence-corrected chi connectivity index (χ1v) is 12.2. The normalized spacial score (nSPS) is 25.2. The maximum atomic E-state index is 13.1. The molecule has 172 valence electrons. The van der Waals surface area contributed by atoms with Gasteiger partial charge in [0, 0.05) is 19.2 Å². The molecule has 1 aromatic rings. The molecule has 3 rings (SSSR count). The number of hydrogen-bond donors (Lipinski definition) is 3. The van der Waals surface area contributed by atoms with Crippen LogP contribution in [0.5, 0.6) is 0 Å². The molecule has 5 atom stereocenters. The van der Waals surface area contributed by atoms with Gasteiger partial charge in [-0.3, -0.25) is 9.59 Å². The van der Waals surface area contributed by atoms with Gasteiger partial charge in [0.1, 0.15) is 11.9 Å². The minimum absolute atomic E-state index is 0.0142. The number of anilines is 1. The van der Waals surface area contributed by atoms with Crippen LogP contribution < -0.4 is 16.4 Å². The second kappa shape index (κ2) is 11.5. The van der Waals surface area contributed by atoms with Crippen molar-refractivity contribution < 1.29 is 9.59 Å². The van der Waals surface area contributed by atoms with E-state index in [2.05, 4.69) is 29.5 Å². The number of aromatic nitrogens is 1. The molecule has 0 aliphatic heterocycles. The zero-order chi connectivity index (χ0) is 22.2. The molecule has 0 aromatic carbocycles. The monoisotopic (exact) mass is 428 g/mol. The first kappa shape index (κ1) is 23.6. The molecule has 2 fully saturated rings. The van der Waals surface area contributed by atoms with Crippen molar-refractivity contribution in [2.45, 2.75) is 90.6 Å². The van der Waals surface area contributed by atoms with Gasteiger partial charge in [-0.2, -0.15) is 0 Å². The lowest BCUT2D eigenvalue weighted by Gasteiger charge is -2.42. The lowest BCUT2D eigenvalue weighted by Crippen LogP contribution is -2.49. The zero-order valence-electron chi connectivity index (χ0n) is 19.2. The molecule has 4 N–H and O–H groups in total. The number of carbonyl (C=O) groups is 2. The van der Waals surface area contributed by atoms with Gasteiger partial charge in [-0.25, -0.2) is 4.98 Å². The van der Waals surface area contributed by atoms with E-state index in [4.69, 9.17) is 5.73 Å². The second-order valence-corrected chi connectivity index (χ2v) is 9.78. The summed E-state index contributed by atoms with van der Waals surface area (Å²) in [5, 5.41) is 6.10. The number of rotatable bonds is 9. The fourth-order valence-corrected chi connectivity index (χ4v) is 5.47. The quantitative estimate of drug-likeness (QED) is 0.549. The predicted octanol–water partition coefficient (Wildman–Crippen LogP) is 4.20. The summed E-state index contributed by atoms with van der Waals surface area (Å²) in [6.07, 6.45) is 12.9. The number of hydrogen-bond acceptors (Lipinski definition) is 4. The van der Waals surface area contributed by atoms with Crippen LogP contribution >= 0.6 is 0 Å². The van der Waals surface area contributed by atoms with E-state index < -0.39 is 6.04 Å². The molecule has 6 heteroatoms. The second-order valence-electron chi connectivity index (χ2n) is 9.78. The van der Waals surface area contributed by atoms with Crippen molar-refractivity contribution in [3.8, 4) is 0 Å². The third kappa shape index (κ3) is 6.94. The summed E-state index contributed by atoms with van der Waals surface area (Å²) in [4.78, 5) is 29.9. The van der Waals surface area contributed by atoms with Crippen molar-refractivity contribution >= 4 is 17.6 Å². The summed E-state index contributed by atoms with van der Waals surface area (Å²) in [6, 6.07) is 3.13. The summed E-state index contributed by atoms with van der Waals surface area (Å²) < 4.78 is 0. The van der Waals surface area contributed by atoms with Crippen LogP contribution in [0, 0.1) is 23.7 Å². The molecule has 2 saturated carbocycles. The number of fused-ring (bicyclic) bond motifs is 1.